The van der Waals surface area contributed by atoms with Gasteiger partial charge in [0.05, 0.1) is 24.5 Å². The zero-order chi connectivity index (χ0) is 13.9. The van der Waals surface area contributed by atoms with Crippen LogP contribution in [0.1, 0.15) is 12.6 Å². The first-order valence-electron chi connectivity index (χ1n) is 5.09. The molecule has 1 aromatic heterocycles. The van der Waals surface area contributed by atoms with Gasteiger partial charge in [-0.15, -0.1) is 5.10 Å². The number of hydrogen-bond acceptors (Lipinski definition) is 6. The Morgan fingerprint density at radius 2 is 2.11 bits per heavy atom. The molecule has 102 valence electrons. The summed E-state index contributed by atoms with van der Waals surface area (Å²) in [5.41, 5.74) is 0.328. The summed E-state index contributed by atoms with van der Waals surface area (Å²) < 4.78 is 28.7. The predicted molar refractivity (Wildman–Crippen MR) is 67.4 cm³/mol. The van der Waals surface area contributed by atoms with Crippen LogP contribution >= 0.6 is 15.9 Å². The molecule has 0 aromatic carbocycles. The van der Waals surface area contributed by atoms with Gasteiger partial charge in [-0.2, -0.15) is 9.90 Å². The Labute approximate surface area is 114 Å². The van der Waals surface area contributed by atoms with E-state index >= 15 is 0 Å². The quantitative estimate of drug-likeness (QED) is 0.716. The monoisotopic (exact) mass is 339 g/mol. The number of nitrogens with zero attached hydrogens (tertiary/aromatic N) is 3. The number of aromatic nitrogens is 3. The fraction of sp³-hybridized carbons (Fsp3) is 0.667. The lowest BCUT2D eigenvalue weighted by Crippen LogP contribution is -2.23. The van der Waals surface area contributed by atoms with Crippen LogP contribution in [0.3, 0.4) is 0 Å². The summed E-state index contributed by atoms with van der Waals surface area (Å²) in [7, 11) is -0.623. The van der Waals surface area contributed by atoms with Gasteiger partial charge in [-0.3, -0.25) is 4.79 Å². The summed E-state index contributed by atoms with van der Waals surface area (Å²) in [6, 6.07) is 0. The Morgan fingerprint density at radius 3 is 2.56 bits per heavy atom. The number of sulfone groups is 1. The molecule has 0 radical (unpaired) electrons. The second-order valence-corrected chi connectivity index (χ2v) is 6.77. The van der Waals surface area contributed by atoms with Gasteiger partial charge < -0.3 is 4.74 Å². The summed E-state index contributed by atoms with van der Waals surface area (Å²) in [6.45, 7) is 1.51. The Balaban J connectivity index is 2.77. The second-order valence-electron chi connectivity index (χ2n) is 3.91. The lowest BCUT2D eigenvalue weighted by Gasteiger charge is -2.08. The van der Waals surface area contributed by atoms with Crippen LogP contribution in [-0.4, -0.2) is 42.2 Å². The fourth-order valence-electron chi connectivity index (χ4n) is 1.43. The molecule has 0 aliphatic carbocycles. The molecule has 0 bridgehead atoms. The second kappa shape index (κ2) is 5.79. The standard InChI is InChI=1S/C9H14BrN3O4S/c1-6(9(14)17-3)4-18(15,16)5-7-8(10)12-13(2)11-7/h6H,4-5H2,1-3H3. The molecule has 0 amide bonds. The first kappa shape index (κ1) is 15.1. The van der Waals surface area contributed by atoms with Gasteiger partial charge in [-0.05, 0) is 15.9 Å². The van der Waals surface area contributed by atoms with Crippen LogP contribution < -0.4 is 0 Å². The van der Waals surface area contributed by atoms with Crippen LogP contribution in [0.15, 0.2) is 4.60 Å². The molecule has 0 aliphatic heterocycles. The van der Waals surface area contributed by atoms with E-state index < -0.39 is 21.7 Å². The summed E-state index contributed by atoms with van der Waals surface area (Å²) in [5, 5.41) is 7.82. The van der Waals surface area contributed by atoms with Gasteiger partial charge in [0.15, 0.2) is 14.4 Å². The molecule has 1 atom stereocenters. The first-order valence-corrected chi connectivity index (χ1v) is 7.70. The van der Waals surface area contributed by atoms with Gasteiger partial charge in [-0.25, -0.2) is 8.42 Å². The number of carbonyl (C=O) groups is 1. The molecule has 1 heterocycles. The molecule has 1 unspecified atom stereocenters. The van der Waals surface area contributed by atoms with Crippen molar-refractivity contribution in [3.8, 4) is 0 Å². The lowest BCUT2D eigenvalue weighted by atomic mass is 10.2. The minimum absolute atomic E-state index is 0.261. The Kier molecular flexibility index (Phi) is 4.85. The first-order chi connectivity index (χ1) is 8.25. The van der Waals surface area contributed by atoms with Crippen molar-refractivity contribution in [2.24, 2.45) is 13.0 Å². The van der Waals surface area contributed by atoms with E-state index in [0.717, 1.165) is 0 Å². The topological polar surface area (TPSA) is 91.2 Å². The number of esters is 1. The van der Waals surface area contributed by atoms with Crippen molar-refractivity contribution in [1.82, 2.24) is 15.0 Å². The number of aryl methyl sites for hydroxylation is 1. The van der Waals surface area contributed by atoms with Crippen molar-refractivity contribution in [3.05, 3.63) is 10.3 Å². The highest BCUT2D eigenvalue weighted by Gasteiger charge is 2.24. The molecule has 1 rings (SSSR count). The van der Waals surface area contributed by atoms with Crippen LogP contribution in [0.25, 0.3) is 0 Å². The fourth-order valence-corrected chi connectivity index (χ4v) is 3.69. The highest BCUT2D eigenvalue weighted by Crippen LogP contribution is 2.16. The van der Waals surface area contributed by atoms with Crippen molar-refractivity contribution in [2.45, 2.75) is 12.7 Å². The lowest BCUT2D eigenvalue weighted by molar-refractivity contribution is -0.144. The minimum Gasteiger partial charge on any atom is -0.469 e. The van der Waals surface area contributed by atoms with E-state index in [1.54, 1.807) is 7.05 Å². The molecule has 0 N–H and O–H groups in total. The number of carbonyl (C=O) groups excluding carboxylic acids is 1. The number of methoxy groups -OCH3 is 1. The molecule has 7 nitrogen and oxygen atoms in total. The van der Waals surface area contributed by atoms with E-state index in [4.69, 9.17) is 0 Å². The Morgan fingerprint density at radius 1 is 1.50 bits per heavy atom. The largest absolute Gasteiger partial charge is 0.469 e. The van der Waals surface area contributed by atoms with Crippen molar-refractivity contribution >= 4 is 31.7 Å². The van der Waals surface area contributed by atoms with Gasteiger partial charge in [0, 0.05) is 7.05 Å². The normalized spacial score (nSPS) is 13.3. The zero-order valence-corrected chi connectivity index (χ0v) is 12.7. The maximum Gasteiger partial charge on any atom is 0.309 e. The molecular weight excluding hydrogens is 326 g/mol. The zero-order valence-electron chi connectivity index (χ0n) is 10.3. The maximum absolute atomic E-state index is 11.9. The third kappa shape index (κ3) is 4.05. The van der Waals surface area contributed by atoms with Gasteiger partial charge in [0.1, 0.15) is 5.69 Å². The molecule has 0 fully saturated rings. The van der Waals surface area contributed by atoms with Crippen LogP contribution in [0, 0.1) is 5.92 Å². The molecule has 0 spiro atoms. The van der Waals surface area contributed by atoms with Crippen LogP contribution in [0.5, 0.6) is 0 Å². The SMILES string of the molecule is COC(=O)C(C)CS(=O)(=O)Cc1nn(C)nc1Br. The van der Waals surface area contributed by atoms with E-state index in [-0.39, 0.29) is 11.5 Å². The number of hydrogen-bond donors (Lipinski definition) is 0. The van der Waals surface area contributed by atoms with E-state index in [0.29, 0.717) is 10.3 Å². The third-order valence-electron chi connectivity index (χ3n) is 2.20. The summed E-state index contributed by atoms with van der Waals surface area (Å²) in [6.07, 6.45) is 0. The van der Waals surface area contributed by atoms with Gasteiger partial charge in [0.25, 0.3) is 0 Å². The predicted octanol–water partition coefficient (Wildman–Crippen LogP) is 0.301. The van der Waals surface area contributed by atoms with E-state index in [9.17, 15) is 13.2 Å². The molecular formula is C9H14BrN3O4S. The van der Waals surface area contributed by atoms with Crippen LogP contribution in [0.4, 0.5) is 0 Å². The minimum atomic E-state index is -3.44. The van der Waals surface area contributed by atoms with E-state index in [2.05, 4.69) is 30.9 Å². The Hall–Kier alpha value is -0.960. The molecule has 1 aromatic rings. The molecule has 0 saturated heterocycles. The van der Waals surface area contributed by atoms with Gasteiger partial charge in [-0.1, -0.05) is 6.92 Å². The highest BCUT2D eigenvalue weighted by molar-refractivity contribution is 9.10. The van der Waals surface area contributed by atoms with E-state index in [1.807, 2.05) is 0 Å². The van der Waals surface area contributed by atoms with Crippen molar-refractivity contribution in [1.29, 1.82) is 0 Å². The highest BCUT2D eigenvalue weighted by atomic mass is 79.9. The number of halogens is 1. The molecule has 0 saturated carbocycles. The average Bonchev–Trinajstić information content (AvgIpc) is 2.54. The van der Waals surface area contributed by atoms with Gasteiger partial charge >= 0.3 is 5.97 Å². The van der Waals surface area contributed by atoms with Crippen molar-refractivity contribution in [3.63, 3.8) is 0 Å². The molecule has 0 aliphatic rings. The smallest absolute Gasteiger partial charge is 0.309 e. The molecule has 9 heteroatoms. The van der Waals surface area contributed by atoms with Crippen LogP contribution in [-0.2, 0) is 32.2 Å². The average molecular weight is 340 g/mol. The van der Waals surface area contributed by atoms with Gasteiger partial charge in [0.2, 0.25) is 0 Å². The molecule has 18 heavy (non-hydrogen) atoms. The number of rotatable bonds is 5. The Bertz CT molecular complexity index is 540. The summed E-state index contributed by atoms with van der Waals surface area (Å²) in [5.74, 6) is -1.78. The van der Waals surface area contributed by atoms with Crippen LogP contribution in [0.2, 0.25) is 0 Å². The summed E-state index contributed by atoms with van der Waals surface area (Å²) in [4.78, 5) is 12.5. The van der Waals surface area contributed by atoms with Crippen molar-refractivity contribution in [2.75, 3.05) is 12.9 Å². The third-order valence-corrected chi connectivity index (χ3v) is 4.54. The van der Waals surface area contributed by atoms with E-state index in [1.165, 1.54) is 18.8 Å². The summed E-state index contributed by atoms with van der Waals surface area (Å²) >= 11 is 3.13. The maximum atomic E-state index is 11.9. The van der Waals surface area contributed by atoms with Crippen molar-refractivity contribution < 1.29 is 17.9 Å². The number of ether oxygens (including phenoxy) is 1.